The number of hydrogen-bond acceptors (Lipinski definition) is 5. The summed E-state index contributed by atoms with van der Waals surface area (Å²) in [5, 5.41) is 4.15. The first-order valence-electron chi connectivity index (χ1n) is 10.8. The predicted molar refractivity (Wildman–Crippen MR) is 129 cm³/mol. The van der Waals surface area contributed by atoms with Crippen molar-refractivity contribution in [1.82, 2.24) is 10.2 Å². The predicted octanol–water partition coefficient (Wildman–Crippen LogP) is 5.10. The lowest BCUT2D eigenvalue weighted by atomic mass is 10.0. The Hall–Kier alpha value is -2.21. The van der Waals surface area contributed by atoms with E-state index in [1.807, 2.05) is 36.1 Å². The summed E-state index contributed by atoms with van der Waals surface area (Å²) in [4.78, 5) is 19.3. The van der Waals surface area contributed by atoms with Gasteiger partial charge in [-0.2, -0.15) is 0 Å². The van der Waals surface area contributed by atoms with Crippen molar-refractivity contribution in [3.63, 3.8) is 0 Å². The number of carbonyl (C=O) groups excluding carboxylic acids is 1. The van der Waals surface area contributed by atoms with Crippen LogP contribution in [0.2, 0.25) is 0 Å². The number of benzene rings is 1. The van der Waals surface area contributed by atoms with E-state index in [1.165, 1.54) is 11.8 Å². The lowest BCUT2D eigenvalue weighted by molar-refractivity contribution is -0.128. The van der Waals surface area contributed by atoms with Crippen molar-refractivity contribution in [3.8, 4) is 5.75 Å². The van der Waals surface area contributed by atoms with Crippen molar-refractivity contribution in [1.29, 1.82) is 0 Å². The quantitative estimate of drug-likeness (QED) is 0.562. The lowest BCUT2D eigenvalue weighted by Crippen LogP contribution is -2.36. The summed E-state index contributed by atoms with van der Waals surface area (Å²) < 4.78 is 5.49. The van der Waals surface area contributed by atoms with Gasteiger partial charge in [0, 0.05) is 18.8 Å². The average molecular weight is 430 g/mol. The Labute approximate surface area is 185 Å². The molecule has 0 spiro atoms. The highest BCUT2D eigenvalue weighted by atomic mass is 32.2. The molecular formula is C24H35N3O2S. The van der Waals surface area contributed by atoms with E-state index in [-0.39, 0.29) is 11.4 Å². The molecule has 0 atom stereocenters. The fraction of sp³-hybridized carbons (Fsp3) is 0.500. The van der Waals surface area contributed by atoms with Crippen LogP contribution in [0.25, 0.3) is 6.08 Å². The molecule has 164 valence electrons. The van der Waals surface area contributed by atoms with Gasteiger partial charge in [-0.05, 0) is 63.5 Å². The van der Waals surface area contributed by atoms with Crippen LogP contribution in [-0.2, 0) is 4.79 Å². The number of amidine groups is 1. The molecule has 1 aliphatic heterocycles. The molecule has 1 N–H and O–H groups in total. The van der Waals surface area contributed by atoms with Gasteiger partial charge in [0.15, 0.2) is 5.17 Å². The van der Waals surface area contributed by atoms with E-state index < -0.39 is 0 Å². The zero-order chi connectivity index (χ0) is 22.0. The summed E-state index contributed by atoms with van der Waals surface area (Å²) in [5.41, 5.74) is 1.76. The zero-order valence-electron chi connectivity index (χ0n) is 18.9. The third-order valence-electron chi connectivity index (χ3n) is 4.47. The molecule has 5 nitrogen and oxygen atoms in total. The number of rotatable bonds is 10. The normalized spacial score (nSPS) is 15.4. The summed E-state index contributed by atoms with van der Waals surface area (Å²) in [6, 6.07) is 8.02. The first-order chi connectivity index (χ1) is 14.4. The Kier molecular flexibility index (Phi) is 9.50. The number of hydrogen-bond donors (Lipinski definition) is 1. The number of allylic oxidation sites excluding steroid dienone is 1. The molecule has 1 aromatic rings. The van der Waals surface area contributed by atoms with Crippen LogP contribution in [0.15, 0.2) is 47.1 Å². The molecule has 1 aromatic carbocycles. The third kappa shape index (κ3) is 7.90. The minimum absolute atomic E-state index is 0.173. The van der Waals surface area contributed by atoms with Crippen LogP contribution >= 0.6 is 11.8 Å². The van der Waals surface area contributed by atoms with Gasteiger partial charge in [-0.15, -0.1) is 0 Å². The maximum atomic E-state index is 12.6. The van der Waals surface area contributed by atoms with Crippen LogP contribution in [0, 0.1) is 0 Å². The number of carbonyl (C=O) groups is 1. The molecule has 0 aliphatic carbocycles. The Balaban J connectivity index is 1.98. The van der Waals surface area contributed by atoms with Crippen LogP contribution < -0.4 is 10.1 Å². The van der Waals surface area contributed by atoms with Crippen molar-refractivity contribution in [2.24, 2.45) is 4.99 Å². The molecule has 1 heterocycles. The molecule has 30 heavy (non-hydrogen) atoms. The molecule has 1 amide bonds. The van der Waals surface area contributed by atoms with Crippen LogP contribution in [0.5, 0.6) is 5.75 Å². The van der Waals surface area contributed by atoms with Crippen LogP contribution in [0.3, 0.4) is 0 Å². The summed E-state index contributed by atoms with van der Waals surface area (Å²) in [5.74, 6) is 1.45. The van der Waals surface area contributed by atoms with Crippen molar-refractivity contribution < 1.29 is 9.53 Å². The number of nitrogens with zero attached hydrogens (tertiary/aromatic N) is 2. The molecule has 6 heteroatoms. The maximum Gasteiger partial charge on any atom is 0.233 e. The molecule has 0 aromatic heterocycles. The second-order valence-electron chi connectivity index (χ2n) is 7.80. The molecule has 2 rings (SSSR count). The van der Waals surface area contributed by atoms with E-state index in [4.69, 9.17) is 9.73 Å². The minimum Gasteiger partial charge on any atom is -0.494 e. The first-order valence-corrected chi connectivity index (χ1v) is 11.8. The minimum atomic E-state index is -0.318. The van der Waals surface area contributed by atoms with Gasteiger partial charge in [0.05, 0.1) is 17.9 Å². The SMILES string of the molecule is CCCN(CCC)C(=O)CSC1=NC(C)(C)C=C(/C=C/c2ccc(OCC)cc2)N1. The molecule has 0 radical (unpaired) electrons. The second-order valence-corrected chi connectivity index (χ2v) is 8.76. The van der Waals surface area contributed by atoms with E-state index in [2.05, 4.69) is 51.2 Å². The highest BCUT2D eigenvalue weighted by Gasteiger charge is 2.22. The molecular weight excluding hydrogens is 394 g/mol. The van der Waals surface area contributed by atoms with Gasteiger partial charge in [0.1, 0.15) is 5.75 Å². The van der Waals surface area contributed by atoms with Gasteiger partial charge in [-0.3, -0.25) is 9.79 Å². The monoisotopic (exact) mass is 429 g/mol. The topological polar surface area (TPSA) is 53.9 Å². The summed E-state index contributed by atoms with van der Waals surface area (Å²) in [6.45, 7) is 12.6. The third-order valence-corrected chi connectivity index (χ3v) is 5.33. The van der Waals surface area contributed by atoms with Gasteiger partial charge in [0.2, 0.25) is 5.91 Å². The largest absolute Gasteiger partial charge is 0.494 e. The molecule has 0 fully saturated rings. The van der Waals surface area contributed by atoms with Gasteiger partial charge in [-0.25, -0.2) is 0 Å². The average Bonchev–Trinajstić information content (AvgIpc) is 2.70. The van der Waals surface area contributed by atoms with E-state index in [0.29, 0.717) is 12.4 Å². The molecule has 0 saturated carbocycles. The van der Waals surface area contributed by atoms with Gasteiger partial charge in [0.25, 0.3) is 0 Å². The molecule has 0 bridgehead atoms. The van der Waals surface area contributed by atoms with Crippen molar-refractivity contribution in [2.75, 3.05) is 25.4 Å². The van der Waals surface area contributed by atoms with E-state index in [0.717, 1.165) is 48.1 Å². The van der Waals surface area contributed by atoms with Crippen LogP contribution in [-0.4, -0.2) is 47.0 Å². The maximum absolute atomic E-state index is 12.6. The van der Waals surface area contributed by atoms with Crippen LogP contribution in [0.4, 0.5) is 0 Å². The first kappa shape index (κ1) is 24.1. The van der Waals surface area contributed by atoms with E-state index in [1.54, 1.807) is 0 Å². The van der Waals surface area contributed by atoms with Crippen LogP contribution in [0.1, 0.15) is 53.0 Å². The number of ether oxygens (including phenoxy) is 1. The fourth-order valence-electron chi connectivity index (χ4n) is 3.17. The second kappa shape index (κ2) is 11.8. The Morgan fingerprint density at radius 1 is 1.13 bits per heavy atom. The van der Waals surface area contributed by atoms with Crippen molar-refractivity contribution in [2.45, 2.75) is 53.0 Å². The van der Waals surface area contributed by atoms with Crippen molar-refractivity contribution in [3.05, 3.63) is 47.7 Å². The molecule has 1 aliphatic rings. The van der Waals surface area contributed by atoms with Gasteiger partial charge >= 0.3 is 0 Å². The number of aliphatic imine (C=N–C) groups is 1. The van der Waals surface area contributed by atoms with Gasteiger partial charge < -0.3 is 15.0 Å². The smallest absolute Gasteiger partial charge is 0.233 e. The van der Waals surface area contributed by atoms with E-state index in [9.17, 15) is 4.79 Å². The van der Waals surface area contributed by atoms with Gasteiger partial charge in [-0.1, -0.05) is 43.8 Å². The molecule has 0 saturated heterocycles. The Morgan fingerprint density at radius 2 is 1.80 bits per heavy atom. The Morgan fingerprint density at radius 3 is 2.40 bits per heavy atom. The summed E-state index contributed by atoms with van der Waals surface area (Å²) >= 11 is 1.48. The highest BCUT2D eigenvalue weighted by Crippen LogP contribution is 2.22. The van der Waals surface area contributed by atoms with Crippen molar-refractivity contribution >= 4 is 28.9 Å². The Bertz CT molecular complexity index is 776. The number of nitrogens with one attached hydrogen (secondary N) is 1. The fourth-order valence-corrected chi connectivity index (χ4v) is 4.10. The molecule has 0 unspecified atom stereocenters. The highest BCUT2D eigenvalue weighted by molar-refractivity contribution is 8.14. The summed E-state index contributed by atoms with van der Waals surface area (Å²) in [7, 11) is 0. The summed E-state index contributed by atoms with van der Waals surface area (Å²) in [6.07, 6.45) is 8.17. The zero-order valence-corrected chi connectivity index (χ0v) is 19.7. The number of thioether (sulfide) groups is 1. The number of amides is 1. The standard InChI is InChI=1S/C24H35N3O2S/c1-6-15-27(16-7-2)22(28)18-30-23-25-20(17-24(4,5)26-23)12-9-19-10-13-21(14-11-19)29-8-3/h9-14,17H,6-8,15-16,18H2,1-5H3,(H,25,26)/b12-9+. The van der Waals surface area contributed by atoms with E-state index >= 15 is 0 Å². The lowest BCUT2D eigenvalue weighted by Gasteiger charge is -2.26.